The number of carbonyl (C=O) groups excluding carboxylic acids is 1. The van der Waals surface area contributed by atoms with Gasteiger partial charge >= 0.3 is 0 Å². The molecule has 2 unspecified atom stereocenters. The Morgan fingerprint density at radius 1 is 1.14 bits per heavy atom. The Morgan fingerprint density at radius 3 is 2.62 bits per heavy atom. The largest absolute Gasteiger partial charge is 0.399 e. The van der Waals surface area contributed by atoms with Crippen LogP contribution >= 0.6 is 0 Å². The molecule has 1 aliphatic rings. The zero-order chi connectivity index (χ0) is 14.8. The van der Waals surface area contributed by atoms with Crippen LogP contribution in [-0.2, 0) is 0 Å². The molecule has 0 bridgehead atoms. The average molecular weight is 280 g/mol. The monoisotopic (exact) mass is 280 g/mol. The molecule has 21 heavy (non-hydrogen) atoms. The number of hydrogen-bond donors (Lipinski definition) is 1. The van der Waals surface area contributed by atoms with Crippen LogP contribution in [0.3, 0.4) is 0 Å². The Balaban J connectivity index is 1.80. The predicted octanol–water partition coefficient (Wildman–Crippen LogP) is 3.29. The lowest BCUT2D eigenvalue weighted by molar-refractivity contribution is 0.0742. The van der Waals surface area contributed by atoms with Crippen LogP contribution in [0.15, 0.2) is 54.6 Å². The van der Waals surface area contributed by atoms with E-state index in [4.69, 9.17) is 5.73 Å². The van der Waals surface area contributed by atoms with Gasteiger partial charge in [-0.2, -0.15) is 0 Å². The lowest BCUT2D eigenvalue weighted by Gasteiger charge is -2.25. The number of carbonyl (C=O) groups is 1. The molecule has 1 saturated heterocycles. The van der Waals surface area contributed by atoms with E-state index in [0.29, 0.717) is 17.2 Å². The molecular weight excluding hydrogens is 260 g/mol. The Morgan fingerprint density at radius 2 is 1.90 bits per heavy atom. The van der Waals surface area contributed by atoms with Gasteiger partial charge in [0.15, 0.2) is 0 Å². The summed E-state index contributed by atoms with van der Waals surface area (Å²) in [5.74, 6) is 0.490. The van der Waals surface area contributed by atoms with Gasteiger partial charge in [0, 0.05) is 29.8 Å². The first kappa shape index (κ1) is 13.7. The molecule has 0 spiro atoms. The maximum Gasteiger partial charge on any atom is 0.254 e. The third-order valence-electron chi connectivity index (χ3n) is 4.38. The van der Waals surface area contributed by atoms with Crippen molar-refractivity contribution in [2.75, 3.05) is 12.3 Å². The first-order chi connectivity index (χ1) is 10.2. The van der Waals surface area contributed by atoms with Crippen LogP contribution in [0.4, 0.5) is 5.69 Å². The molecule has 108 valence electrons. The first-order valence-electron chi connectivity index (χ1n) is 7.38. The molecule has 1 aliphatic heterocycles. The normalized spacial score (nSPS) is 21.5. The highest BCUT2D eigenvalue weighted by Gasteiger charge is 2.34. The summed E-state index contributed by atoms with van der Waals surface area (Å²) in [6, 6.07) is 17.9. The second-order valence-electron chi connectivity index (χ2n) is 5.67. The highest BCUT2D eigenvalue weighted by Crippen LogP contribution is 2.34. The van der Waals surface area contributed by atoms with Crippen molar-refractivity contribution in [1.82, 2.24) is 4.90 Å². The van der Waals surface area contributed by atoms with Gasteiger partial charge in [-0.25, -0.2) is 0 Å². The number of rotatable bonds is 2. The molecule has 3 nitrogen and oxygen atoms in total. The van der Waals surface area contributed by atoms with Crippen molar-refractivity contribution in [1.29, 1.82) is 0 Å². The van der Waals surface area contributed by atoms with Crippen LogP contribution in [-0.4, -0.2) is 23.4 Å². The summed E-state index contributed by atoms with van der Waals surface area (Å²) >= 11 is 0. The van der Waals surface area contributed by atoms with Crippen LogP contribution in [0.1, 0.15) is 35.2 Å². The van der Waals surface area contributed by atoms with Gasteiger partial charge < -0.3 is 10.6 Å². The fourth-order valence-electron chi connectivity index (χ4n) is 3.21. The van der Waals surface area contributed by atoms with Gasteiger partial charge in [0.1, 0.15) is 0 Å². The second-order valence-corrected chi connectivity index (χ2v) is 5.67. The number of nitrogen functional groups attached to an aromatic ring is 1. The second kappa shape index (κ2) is 5.60. The number of nitrogens with zero attached hydrogens (tertiary/aromatic N) is 1. The summed E-state index contributed by atoms with van der Waals surface area (Å²) in [5.41, 5.74) is 8.40. The molecule has 3 rings (SSSR count). The van der Waals surface area contributed by atoms with E-state index in [1.807, 2.05) is 23.1 Å². The lowest BCUT2D eigenvalue weighted by atomic mass is 9.93. The number of amides is 1. The SMILES string of the molecule is CC1C(c2ccccc2)CCN1C(=O)c1cccc(N)c1. The van der Waals surface area contributed by atoms with Crippen LogP contribution in [0.5, 0.6) is 0 Å². The fraction of sp³-hybridized carbons (Fsp3) is 0.278. The molecule has 1 fully saturated rings. The summed E-state index contributed by atoms with van der Waals surface area (Å²) in [6.45, 7) is 2.93. The molecule has 3 heteroatoms. The summed E-state index contributed by atoms with van der Waals surface area (Å²) in [5, 5.41) is 0. The van der Waals surface area contributed by atoms with E-state index in [1.54, 1.807) is 12.1 Å². The van der Waals surface area contributed by atoms with Crippen molar-refractivity contribution in [3.05, 3.63) is 65.7 Å². The third kappa shape index (κ3) is 2.64. The Hall–Kier alpha value is -2.29. The molecule has 0 saturated carbocycles. The molecule has 1 heterocycles. The number of likely N-dealkylation sites (tertiary alicyclic amines) is 1. The number of anilines is 1. The molecular formula is C18H20N2O. The van der Waals surface area contributed by atoms with Gasteiger partial charge in [-0.05, 0) is 37.1 Å². The van der Waals surface area contributed by atoms with Gasteiger partial charge in [-0.1, -0.05) is 36.4 Å². The standard InChI is InChI=1S/C18H20N2O/c1-13-17(14-6-3-2-4-7-14)10-11-20(13)18(21)15-8-5-9-16(19)12-15/h2-9,12-13,17H,10-11,19H2,1H3. The highest BCUT2D eigenvalue weighted by molar-refractivity contribution is 5.95. The maximum absolute atomic E-state index is 12.7. The zero-order valence-corrected chi connectivity index (χ0v) is 12.2. The zero-order valence-electron chi connectivity index (χ0n) is 12.2. The summed E-state index contributed by atoms with van der Waals surface area (Å²) < 4.78 is 0. The van der Waals surface area contributed by atoms with Crippen LogP contribution in [0.25, 0.3) is 0 Å². The van der Waals surface area contributed by atoms with Gasteiger partial charge in [0.2, 0.25) is 0 Å². The van der Waals surface area contributed by atoms with Crippen LogP contribution < -0.4 is 5.73 Å². The Bertz CT molecular complexity index is 639. The minimum Gasteiger partial charge on any atom is -0.399 e. The predicted molar refractivity (Wildman–Crippen MR) is 85.2 cm³/mol. The van der Waals surface area contributed by atoms with Crippen molar-refractivity contribution in [3.8, 4) is 0 Å². The quantitative estimate of drug-likeness (QED) is 0.858. The van der Waals surface area contributed by atoms with Crippen molar-refractivity contribution in [2.45, 2.75) is 25.3 Å². The van der Waals surface area contributed by atoms with E-state index < -0.39 is 0 Å². The Labute approximate surface area is 125 Å². The summed E-state index contributed by atoms with van der Waals surface area (Å²) in [4.78, 5) is 14.6. The van der Waals surface area contributed by atoms with Gasteiger partial charge in [-0.3, -0.25) is 4.79 Å². The number of hydrogen-bond acceptors (Lipinski definition) is 2. The number of nitrogens with two attached hydrogens (primary N) is 1. The molecule has 0 aromatic heterocycles. The maximum atomic E-state index is 12.7. The van der Waals surface area contributed by atoms with E-state index in [-0.39, 0.29) is 11.9 Å². The smallest absolute Gasteiger partial charge is 0.254 e. The number of benzene rings is 2. The molecule has 1 amide bonds. The fourth-order valence-corrected chi connectivity index (χ4v) is 3.21. The van der Waals surface area contributed by atoms with E-state index in [2.05, 4.69) is 31.2 Å². The van der Waals surface area contributed by atoms with E-state index >= 15 is 0 Å². The highest BCUT2D eigenvalue weighted by atomic mass is 16.2. The van der Waals surface area contributed by atoms with Crippen LogP contribution in [0.2, 0.25) is 0 Å². The van der Waals surface area contributed by atoms with Crippen molar-refractivity contribution >= 4 is 11.6 Å². The summed E-state index contributed by atoms with van der Waals surface area (Å²) in [7, 11) is 0. The molecule has 2 atom stereocenters. The third-order valence-corrected chi connectivity index (χ3v) is 4.38. The van der Waals surface area contributed by atoms with Crippen LogP contribution in [0, 0.1) is 0 Å². The molecule has 2 N–H and O–H groups in total. The molecule has 0 radical (unpaired) electrons. The van der Waals surface area contributed by atoms with Gasteiger partial charge in [-0.15, -0.1) is 0 Å². The topological polar surface area (TPSA) is 46.3 Å². The minimum absolute atomic E-state index is 0.0771. The van der Waals surface area contributed by atoms with Crippen molar-refractivity contribution in [2.24, 2.45) is 0 Å². The lowest BCUT2D eigenvalue weighted by Crippen LogP contribution is -2.35. The van der Waals surface area contributed by atoms with Gasteiger partial charge in [0.25, 0.3) is 5.91 Å². The van der Waals surface area contributed by atoms with Gasteiger partial charge in [0.05, 0.1) is 0 Å². The Kier molecular flexibility index (Phi) is 3.65. The molecule has 2 aromatic carbocycles. The van der Waals surface area contributed by atoms with E-state index in [9.17, 15) is 4.79 Å². The van der Waals surface area contributed by atoms with Crippen molar-refractivity contribution in [3.63, 3.8) is 0 Å². The van der Waals surface area contributed by atoms with E-state index in [1.165, 1.54) is 5.56 Å². The molecule has 0 aliphatic carbocycles. The van der Waals surface area contributed by atoms with E-state index in [0.717, 1.165) is 13.0 Å². The molecule has 2 aromatic rings. The first-order valence-corrected chi connectivity index (χ1v) is 7.38. The minimum atomic E-state index is 0.0771. The summed E-state index contributed by atoms with van der Waals surface area (Å²) in [6.07, 6.45) is 1.01. The van der Waals surface area contributed by atoms with Crippen molar-refractivity contribution < 1.29 is 4.79 Å². The average Bonchev–Trinajstić information content (AvgIpc) is 2.89.